The fourth-order valence-electron chi connectivity index (χ4n) is 5.86. The molecule has 0 bridgehead atoms. The standard InChI is InChI=1S/C28H34F2N6O4S/c1-18-14-21(34-26(33-18)36-12-8-28(29,30)9-13-36)23-16-32-25(40-23)20-3-2-19(24(17-37)41(31,38)39)15-22(20)35-10-6-27(4-5-27)7-11-35/h2-3,14-16,24,37H,4-13,17H2,1H3,(H2,31,38,39). The zero-order valence-corrected chi connectivity index (χ0v) is 23.7. The maximum Gasteiger partial charge on any atom is 0.251 e. The van der Waals surface area contributed by atoms with Gasteiger partial charge in [0.05, 0.1) is 18.4 Å². The highest BCUT2D eigenvalue weighted by Gasteiger charge is 2.44. The highest BCUT2D eigenvalue weighted by atomic mass is 32.2. The second-order valence-corrected chi connectivity index (χ2v) is 13.3. The molecule has 1 aromatic carbocycles. The predicted molar refractivity (Wildman–Crippen MR) is 150 cm³/mol. The summed E-state index contributed by atoms with van der Waals surface area (Å²) in [6, 6.07) is 6.89. The monoisotopic (exact) mass is 588 g/mol. The van der Waals surface area contributed by atoms with Crippen LogP contribution in [0.3, 0.4) is 0 Å². The minimum atomic E-state index is -4.02. The Morgan fingerprint density at radius 1 is 1.02 bits per heavy atom. The summed E-state index contributed by atoms with van der Waals surface area (Å²) < 4.78 is 58.0. The Kier molecular flexibility index (Phi) is 7.02. The number of benzene rings is 1. The van der Waals surface area contributed by atoms with E-state index in [0.29, 0.717) is 45.5 Å². The molecule has 2 saturated heterocycles. The Hall–Kier alpha value is -3.16. The summed E-state index contributed by atoms with van der Waals surface area (Å²) in [5.41, 5.74) is 3.45. The molecule has 1 spiro atoms. The molecule has 0 radical (unpaired) electrons. The highest BCUT2D eigenvalue weighted by Crippen LogP contribution is 2.54. The molecular weight excluding hydrogens is 554 g/mol. The summed E-state index contributed by atoms with van der Waals surface area (Å²) >= 11 is 0. The van der Waals surface area contributed by atoms with Gasteiger partial charge in [-0.3, -0.25) is 0 Å². The lowest BCUT2D eigenvalue weighted by Crippen LogP contribution is -2.40. The first-order chi connectivity index (χ1) is 19.5. The van der Waals surface area contributed by atoms with Crippen LogP contribution in [0, 0.1) is 12.3 Å². The zero-order valence-electron chi connectivity index (χ0n) is 22.9. The van der Waals surface area contributed by atoms with Gasteiger partial charge < -0.3 is 19.3 Å². The van der Waals surface area contributed by atoms with E-state index in [0.717, 1.165) is 31.6 Å². The number of nitrogens with zero attached hydrogens (tertiary/aromatic N) is 5. The van der Waals surface area contributed by atoms with Crippen LogP contribution in [0.25, 0.3) is 22.9 Å². The van der Waals surface area contributed by atoms with E-state index in [9.17, 15) is 22.3 Å². The maximum absolute atomic E-state index is 13.7. The number of alkyl halides is 2. The molecule has 1 unspecified atom stereocenters. The summed E-state index contributed by atoms with van der Waals surface area (Å²) in [7, 11) is -4.02. The summed E-state index contributed by atoms with van der Waals surface area (Å²) in [6.07, 6.45) is 5.68. The van der Waals surface area contributed by atoms with Gasteiger partial charge in [0.2, 0.25) is 21.9 Å². The van der Waals surface area contributed by atoms with Crippen molar-refractivity contribution >= 4 is 21.7 Å². The number of hydrogen-bond donors (Lipinski definition) is 2. The Labute approximate surface area is 237 Å². The average molecular weight is 589 g/mol. The summed E-state index contributed by atoms with van der Waals surface area (Å²) in [6.45, 7) is 3.13. The van der Waals surface area contributed by atoms with Crippen LogP contribution >= 0.6 is 0 Å². The van der Waals surface area contributed by atoms with Crippen LogP contribution in [0.2, 0.25) is 0 Å². The predicted octanol–water partition coefficient (Wildman–Crippen LogP) is 4.04. The summed E-state index contributed by atoms with van der Waals surface area (Å²) in [4.78, 5) is 17.6. The molecule has 1 atom stereocenters. The molecule has 3 N–H and O–H groups in total. The SMILES string of the molecule is Cc1cc(-c2cnc(-c3ccc(C(CO)S(N)(=O)=O)cc3N3CCC4(CC3)CC4)o2)nc(N2CCC(F)(F)CC2)n1. The van der Waals surface area contributed by atoms with E-state index in [4.69, 9.17) is 9.56 Å². The molecule has 3 fully saturated rings. The maximum atomic E-state index is 13.7. The van der Waals surface area contributed by atoms with Crippen molar-refractivity contribution in [2.75, 3.05) is 42.6 Å². The number of hydrogen-bond acceptors (Lipinski definition) is 9. The van der Waals surface area contributed by atoms with Crippen molar-refractivity contribution in [1.29, 1.82) is 0 Å². The van der Waals surface area contributed by atoms with Crippen molar-refractivity contribution in [3.05, 3.63) is 41.7 Å². The number of aryl methyl sites for hydroxylation is 1. The largest absolute Gasteiger partial charge is 0.434 e. The van der Waals surface area contributed by atoms with Gasteiger partial charge in [0, 0.05) is 50.4 Å². The van der Waals surface area contributed by atoms with Crippen LogP contribution in [-0.4, -0.2) is 67.2 Å². The van der Waals surface area contributed by atoms with Gasteiger partial charge in [-0.1, -0.05) is 6.07 Å². The molecule has 6 rings (SSSR count). The fraction of sp³-hybridized carbons (Fsp3) is 0.536. The molecule has 10 nitrogen and oxygen atoms in total. The number of anilines is 2. The van der Waals surface area contributed by atoms with Crippen LogP contribution < -0.4 is 14.9 Å². The molecule has 13 heteroatoms. The lowest BCUT2D eigenvalue weighted by Gasteiger charge is -2.35. The Balaban J connectivity index is 1.33. The molecule has 1 saturated carbocycles. The second kappa shape index (κ2) is 10.3. The number of aliphatic hydroxyl groups is 1. The Morgan fingerprint density at radius 3 is 2.34 bits per heavy atom. The lowest BCUT2D eigenvalue weighted by molar-refractivity contribution is -0.0222. The average Bonchev–Trinajstić information content (AvgIpc) is 3.48. The molecule has 3 aromatic rings. The molecule has 4 heterocycles. The van der Waals surface area contributed by atoms with Gasteiger partial charge in [-0.25, -0.2) is 37.3 Å². The van der Waals surface area contributed by atoms with Crippen LogP contribution in [0.15, 0.2) is 34.9 Å². The van der Waals surface area contributed by atoms with Crippen molar-refractivity contribution in [2.45, 2.75) is 56.6 Å². The van der Waals surface area contributed by atoms with Crippen molar-refractivity contribution in [1.82, 2.24) is 15.0 Å². The first kappa shape index (κ1) is 28.0. The molecule has 41 heavy (non-hydrogen) atoms. The quantitative estimate of drug-likeness (QED) is 0.419. The van der Waals surface area contributed by atoms with Crippen molar-refractivity contribution in [2.24, 2.45) is 10.6 Å². The number of oxazole rings is 1. The van der Waals surface area contributed by atoms with Gasteiger partial charge in [0.1, 0.15) is 10.9 Å². The smallest absolute Gasteiger partial charge is 0.251 e. The van der Waals surface area contributed by atoms with E-state index in [1.54, 1.807) is 35.4 Å². The number of sulfonamides is 1. The summed E-state index contributed by atoms with van der Waals surface area (Å²) in [5.74, 6) is -1.56. The van der Waals surface area contributed by atoms with Gasteiger partial charge in [0.15, 0.2) is 5.76 Å². The van der Waals surface area contributed by atoms with E-state index < -0.39 is 27.8 Å². The van der Waals surface area contributed by atoms with Gasteiger partial charge in [-0.15, -0.1) is 0 Å². The van der Waals surface area contributed by atoms with Crippen LogP contribution in [0.5, 0.6) is 0 Å². The molecular formula is C28H34F2N6O4S. The number of piperidine rings is 2. The highest BCUT2D eigenvalue weighted by molar-refractivity contribution is 7.89. The summed E-state index contributed by atoms with van der Waals surface area (Å²) in [5, 5.41) is 14.0. The van der Waals surface area contributed by atoms with Gasteiger partial charge in [-0.2, -0.15) is 0 Å². The third-order valence-electron chi connectivity index (χ3n) is 8.69. The molecule has 2 aromatic heterocycles. The van der Waals surface area contributed by atoms with E-state index >= 15 is 0 Å². The van der Waals surface area contributed by atoms with E-state index in [1.165, 1.54) is 12.8 Å². The van der Waals surface area contributed by atoms with E-state index in [-0.39, 0.29) is 25.9 Å². The number of rotatable bonds is 7. The third-order valence-corrected chi connectivity index (χ3v) is 9.90. The number of aromatic nitrogens is 3. The van der Waals surface area contributed by atoms with Crippen molar-refractivity contribution < 1.29 is 26.7 Å². The zero-order chi connectivity index (χ0) is 29.0. The second-order valence-electron chi connectivity index (χ2n) is 11.6. The Morgan fingerprint density at radius 2 is 1.71 bits per heavy atom. The van der Waals surface area contributed by atoms with Gasteiger partial charge in [-0.05, 0) is 61.8 Å². The number of halogens is 2. The number of aliphatic hydroxyl groups excluding tert-OH is 1. The van der Waals surface area contributed by atoms with E-state index in [2.05, 4.69) is 19.9 Å². The minimum absolute atomic E-state index is 0.164. The third kappa shape index (κ3) is 5.80. The van der Waals surface area contributed by atoms with Crippen molar-refractivity contribution in [3.8, 4) is 22.9 Å². The molecule has 1 aliphatic carbocycles. The molecule has 3 aliphatic rings. The molecule has 0 amide bonds. The molecule has 220 valence electrons. The van der Waals surface area contributed by atoms with E-state index in [1.807, 2.05) is 6.92 Å². The van der Waals surface area contributed by atoms with Gasteiger partial charge >= 0.3 is 0 Å². The van der Waals surface area contributed by atoms with Crippen molar-refractivity contribution in [3.63, 3.8) is 0 Å². The number of primary sulfonamides is 1. The first-order valence-electron chi connectivity index (χ1n) is 13.9. The Bertz CT molecular complexity index is 1540. The normalized spacial score (nSPS) is 20.8. The van der Waals surface area contributed by atoms with Crippen LogP contribution in [0.4, 0.5) is 20.4 Å². The van der Waals surface area contributed by atoms with Crippen LogP contribution in [0.1, 0.15) is 55.0 Å². The first-order valence-corrected chi connectivity index (χ1v) is 15.5. The van der Waals surface area contributed by atoms with Gasteiger partial charge in [0.25, 0.3) is 5.92 Å². The van der Waals surface area contributed by atoms with Crippen LogP contribution in [-0.2, 0) is 10.0 Å². The number of nitrogens with two attached hydrogens (primary N) is 1. The minimum Gasteiger partial charge on any atom is -0.434 e. The topological polar surface area (TPSA) is 139 Å². The molecule has 2 aliphatic heterocycles. The lowest BCUT2D eigenvalue weighted by atomic mass is 9.92. The fourth-order valence-corrected chi connectivity index (χ4v) is 6.59.